The highest BCUT2D eigenvalue weighted by Gasteiger charge is 2.31. The van der Waals surface area contributed by atoms with Crippen molar-refractivity contribution in [1.82, 2.24) is 4.98 Å². The van der Waals surface area contributed by atoms with E-state index in [0.717, 1.165) is 5.69 Å². The van der Waals surface area contributed by atoms with Crippen molar-refractivity contribution in [3.8, 4) is 0 Å². The number of nitrogens with zero attached hydrogens (tertiary/aromatic N) is 2. The summed E-state index contributed by atoms with van der Waals surface area (Å²) in [6.45, 7) is 1.36. The number of sulfone groups is 1. The van der Waals surface area contributed by atoms with Crippen LogP contribution in [0.1, 0.15) is 12.8 Å². The molecule has 6 heteroatoms. The summed E-state index contributed by atoms with van der Waals surface area (Å²) in [6.07, 6.45) is 4.53. The van der Waals surface area contributed by atoms with Crippen LogP contribution in [0, 0.1) is 0 Å². The van der Waals surface area contributed by atoms with E-state index in [4.69, 9.17) is 11.6 Å². The molecule has 0 amide bonds. The van der Waals surface area contributed by atoms with Gasteiger partial charge in [0.25, 0.3) is 0 Å². The van der Waals surface area contributed by atoms with Crippen molar-refractivity contribution < 1.29 is 8.42 Å². The summed E-state index contributed by atoms with van der Waals surface area (Å²) in [6, 6.07) is 10.6. The third-order valence-corrected chi connectivity index (χ3v) is 6.61. The molecule has 0 radical (unpaired) electrons. The number of hydrogen-bond donors (Lipinski definition) is 0. The molecule has 1 saturated heterocycles. The number of piperidine rings is 1. The molecule has 0 atom stereocenters. The minimum atomic E-state index is -3.25. The van der Waals surface area contributed by atoms with Crippen LogP contribution in [-0.2, 0) is 9.84 Å². The van der Waals surface area contributed by atoms with Crippen molar-refractivity contribution >= 4 is 27.1 Å². The summed E-state index contributed by atoms with van der Waals surface area (Å²) < 4.78 is 25.3. The van der Waals surface area contributed by atoms with E-state index >= 15 is 0 Å². The van der Waals surface area contributed by atoms with Gasteiger partial charge in [0, 0.05) is 25.5 Å². The van der Waals surface area contributed by atoms with E-state index in [1.54, 1.807) is 36.7 Å². The van der Waals surface area contributed by atoms with Gasteiger partial charge in [-0.2, -0.15) is 0 Å². The van der Waals surface area contributed by atoms with E-state index in [1.807, 2.05) is 12.1 Å². The third-order valence-electron chi connectivity index (χ3n) is 4.04. The molecule has 1 aromatic carbocycles. The summed E-state index contributed by atoms with van der Waals surface area (Å²) in [5, 5.41) is 0.277. The number of halogens is 1. The molecule has 22 heavy (non-hydrogen) atoms. The lowest BCUT2D eigenvalue weighted by Crippen LogP contribution is -2.39. The summed E-state index contributed by atoms with van der Waals surface area (Å²) in [5.74, 6) is 0. The Labute approximate surface area is 135 Å². The van der Waals surface area contributed by atoms with Crippen molar-refractivity contribution in [3.05, 3.63) is 53.8 Å². The molecule has 1 aromatic heterocycles. The second-order valence-electron chi connectivity index (χ2n) is 5.37. The Kier molecular flexibility index (Phi) is 4.36. The quantitative estimate of drug-likeness (QED) is 0.863. The largest absolute Gasteiger partial charge is 0.370 e. The fraction of sp³-hybridized carbons (Fsp3) is 0.312. The predicted molar refractivity (Wildman–Crippen MR) is 88.1 cm³/mol. The second kappa shape index (κ2) is 6.26. The zero-order valence-electron chi connectivity index (χ0n) is 12.0. The maximum Gasteiger partial charge on any atom is 0.181 e. The number of benzene rings is 1. The Morgan fingerprint density at radius 1 is 1.09 bits per heavy atom. The fourth-order valence-electron chi connectivity index (χ4n) is 2.83. The fourth-order valence-corrected chi connectivity index (χ4v) is 4.83. The summed E-state index contributed by atoms with van der Waals surface area (Å²) in [4.78, 5) is 6.52. The van der Waals surface area contributed by atoms with Gasteiger partial charge in [-0.15, -0.1) is 0 Å². The van der Waals surface area contributed by atoms with Crippen molar-refractivity contribution in [2.45, 2.75) is 23.0 Å². The third kappa shape index (κ3) is 2.96. The van der Waals surface area contributed by atoms with Crippen LogP contribution in [0.4, 0.5) is 5.69 Å². The molecule has 0 N–H and O–H groups in total. The number of aromatic nitrogens is 1. The Morgan fingerprint density at radius 3 is 2.41 bits per heavy atom. The van der Waals surface area contributed by atoms with E-state index in [9.17, 15) is 8.42 Å². The zero-order chi connectivity index (χ0) is 15.6. The first kappa shape index (κ1) is 15.3. The first-order valence-electron chi connectivity index (χ1n) is 7.22. The standard InChI is InChI=1S/C16H17ClN2O2S/c17-15-12-18-9-6-16(15)19-10-7-14(8-11-19)22(20,21)13-4-2-1-3-5-13/h1-6,9,12,14H,7-8,10-11H2. The average Bonchev–Trinajstić information content (AvgIpc) is 2.56. The van der Waals surface area contributed by atoms with E-state index in [0.29, 0.717) is 35.8 Å². The van der Waals surface area contributed by atoms with Gasteiger partial charge in [0.15, 0.2) is 9.84 Å². The van der Waals surface area contributed by atoms with Gasteiger partial charge in [0.05, 0.1) is 20.9 Å². The summed E-state index contributed by atoms with van der Waals surface area (Å²) >= 11 is 6.16. The van der Waals surface area contributed by atoms with Crippen LogP contribution >= 0.6 is 11.6 Å². The molecule has 1 fully saturated rings. The van der Waals surface area contributed by atoms with E-state index < -0.39 is 9.84 Å². The molecule has 1 aliphatic heterocycles. The molecule has 116 valence electrons. The van der Waals surface area contributed by atoms with Crippen LogP contribution in [-0.4, -0.2) is 31.7 Å². The first-order chi connectivity index (χ1) is 10.6. The summed E-state index contributed by atoms with van der Waals surface area (Å²) in [5.41, 5.74) is 0.923. The molecule has 0 unspecified atom stereocenters. The molecule has 0 aliphatic carbocycles. The maximum atomic E-state index is 12.6. The molecule has 2 aromatic rings. The van der Waals surface area contributed by atoms with Crippen LogP contribution in [0.3, 0.4) is 0 Å². The molecule has 4 nitrogen and oxygen atoms in total. The van der Waals surface area contributed by atoms with Crippen molar-refractivity contribution in [2.24, 2.45) is 0 Å². The SMILES string of the molecule is O=S(=O)(c1ccccc1)C1CCN(c2ccncc2Cl)CC1. The maximum absolute atomic E-state index is 12.6. The highest BCUT2D eigenvalue weighted by molar-refractivity contribution is 7.92. The van der Waals surface area contributed by atoms with Gasteiger partial charge in [-0.25, -0.2) is 8.42 Å². The topological polar surface area (TPSA) is 50.3 Å². The van der Waals surface area contributed by atoms with Crippen LogP contribution < -0.4 is 4.90 Å². The molecule has 1 aliphatic rings. The Bertz CT molecular complexity index is 742. The number of pyridine rings is 1. The molecule has 0 saturated carbocycles. The molecular formula is C16H17ClN2O2S. The van der Waals surface area contributed by atoms with Gasteiger partial charge in [-0.1, -0.05) is 29.8 Å². The molecule has 2 heterocycles. The highest BCUT2D eigenvalue weighted by atomic mass is 35.5. The van der Waals surface area contributed by atoms with E-state index in [-0.39, 0.29) is 5.25 Å². The van der Waals surface area contributed by atoms with E-state index in [2.05, 4.69) is 9.88 Å². The number of anilines is 1. The van der Waals surface area contributed by atoms with Gasteiger partial charge in [-0.3, -0.25) is 4.98 Å². The number of hydrogen-bond acceptors (Lipinski definition) is 4. The Balaban J connectivity index is 1.74. The average molecular weight is 337 g/mol. The zero-order valence-corrected chi connectivity index (χ0v) is 13.6. The van der Waals surface area contributed by atoms with Gasteiger partial charge in [0.1, 0.15) is 0 Å². The van der Waals surface area contributed by atoms with Gasteiger partial charge in [0.2, 0.25) is 0 Å². The van der Waals surface area contributed by atoms with Crippen molar-refractivity contribution in [2.75, 3.05) is 18.0 Å². The monoisotopic (exact) mass is 336 g/mol. The normalized spacial score (nSPS) is 16.7. The van der Waals surface area contributed by atoms with Crippen molar-refractivity contribution in [1.29, 1.82) is 0 Å². The lowest BCUT2D eigenvalue weighted by molar-refractivity contribution is 0.530. The van der Waals surface area contributed by atoms with Crippen LogP contribution in [0.15, 0.2) is 53.7 Å². The molecule has 3 rings (SSSR count). The Morgan fingerprint density at radius 2 is 1.77 bits per heavy atom. The minimum Gasteiger partial charge on any atom is -0.370 e. The smallest absolute Gasteiger partial charge is 0.181 e. The van der Waals surface area contributed by atoms with Gasteiger partial charge in [-0.05, 0) is 31.0 Å². The first-order valence-corrected chi connectivity index (χ1v) is 9.15. The van der Waals surface area contributed by atoms with E-state index in [1.165, 1.54) is 0 Å². The Hall–Kier alpha value is -1.59. The molecular weight excluding hydrogens is 320 g/mol. The second-order valence-corrected chi connectivity index (χ2v) is 8.01. The lowest BCUT2D eigenvalue weighted by Gasteiger charge is -2.33. The van der Waals surface area contributed by atoms with Crippen LogP contribution in [0.25, 0.3) is 0 Å². The predicted octanol–water partition coefficient (Wildman–Crippen LogP) is 3.18. The van der Waals surface area contributed by atoms with Gasteiger partial charge >= 0.3 is 0 Å². The van der Waals surface area contributed by atoms with Crippen LogP contribution in [0.5, 0.6) is 0 Å². The molecule has 0 spiro atoms. The highest BCUT2D eigenvalue weighted by Crippen LogP contribution is 2.30. The number of rotatable bonds is 3. The van der Waals surface area contributed by atoms with Crippen molar-refractivity contribution in [3.63, 3.8) is 0 Å². The molecule has 0 bridgehead atoms. The van der Waals surface area contributed by atoms with Gasteiger partial charge < -0.3 is 4.90 Å². The minimum absolute atomic E-state index is 0.327. The summed E-state index contributed by atoms with van der Waals surface area (Å²) in [7, 11) is -3.25. The lowest BCUT2D eigenvalue weighted by atomic mass is 10.1. The van der Waals surface area contributed by atoms with Crippen LogP contribution in [0.2, 0.25) is 5.02 Å².